The van der Waals surface area contributed by atoms with Gasteiger partial charge >= 0.3 is 12.4 Å². The largest absolute Gasteiger partial charge is 0.392 e. The topological polar surface area (TPSA) is 0 Å². The minimum atomic E-state index is -4.79. The molecular formula is C8H9F7. The Balaban J connectivity index is 2.84. The lowest BCUT2D eigenvalue weighted by Gasteiger charge is -2.25. The van der Waals surface area contributed by atoms with Crippen molar-refractivity contribution in [1.29, 1.82) is 0 Å². The minimum Gasteiger partial charge on any atom is -0.250 e. The molecule has 0 radical (unpaired) electrons. The molecule has 0 aromatic heterocycles. The Morgan fingerprint density at radius 3 is 1.87 bits per heavy atom. The fourth-order valence-electron chi connectivity index (χ4n) is 1.83. The molecule has 0 aromatic rings. The maximum Gasteiger partial charge on any atom is 0.392 e. The van der Waals surface area contributed by atoms with E-state index in [2.05, 4.69) is 0 Å². The third-order valence-corrected chi connectivity index (χ3v) is 3.12. The molecule has 0 heterocycles. The Labute approximate surface area is 81.4 Å². The first-order chi connectivity index (χ1) is 6.55. The zero-order valence-corrected chi connectivity index (χ0v) is 7.71. The second-order valence-electron chi connectivity index (χ2n) is 3.93. The van der Waals surface area contributed by atoms with Gasteiger partial charge in [0.05, 0.1) is 18.5 Å². The van der Waals surface area contributed by atoms with Crippen molar-refractivity contribution in [2.45, 2.75) is 25.7 Å². The van der Waals surface area contributed by atoms with Gasteiger partial charge in [-0.05, 0) is 6.42 Å². The third-order valence-electron chi connectivity index (χ3n) is 3.12. The molecule has 0 saturated heterocycles. The van der Waals surface area contributed by atoms with Gasteiger partial charge in [-0.1, -0.05) is 6.92 Å². The molecule has 0 amide bonds. The second kappa shape index (κ2) is 3.25. The predicted octanol–water partition coefficient (Wildman–Crippen LogP) is 3.72. The van der Waals surface area contributed by atoms with Crippen LogP contribution in [0.1, 0.15) is 13.3 Å². The summed E-state index contributed by atoms with van der Waals surface area (Å²) in [5.41, 5.74) is -2.28. The van der Waals surface area contributed by atoms with Gasteiger partial charge in [-0.2, -0.15) is 26.3 Å². The summed E-state index contributed by atoms with van der Waals surface area (Å²) < 4.78 is 85.4. The van der Waals surface area contributed by atoms with Gasteiger partial charge in [0.25, 0.3) is 0 Å². The van der Waals surface area contributed by atoms with Crippen LogP contribution in [0.3, 0.4) is 0 Å². The van der Waals surface area contributed by atoms with Crippen LogP contribution in [0.5, 0.6) is 0 Å². The molecule has 3 atom stereocenters. The van der Waals surface area contributed by atoms with Crippen LogP contribution in [0.4, 0.5) is 30.7 Å². The molecule has 1 saturated carbocycles. The Bertz CT molecular complexity index is 240. The molecule has 0 nitrogen and oxygen atoms in total. The van der Waals surface area contributed by atoms with Crippen molar-refractivity contribution in [3.8, 4) is 0 Å². The van der Waals surface area contributed by atoms with Crippen LogP contribution in [-0.4, -0.2) is 19.0 Å². The van der Waals surface area contributed by atoms with E-state index in [0.717, 1.165) is 0 Å². The van der Waals surface area contributed by atoms with Gasteiger partial charge < -0.3 is 0 Å². The molecule has 0 aliphatic heterocycles. The quantitative estimate of drug-likeness (QED) is 0.643. The third kappa shape index (κ3) is 2.06. The average Bonchev–Trinajstić information content (AvgIpc) is 2.76. The molecule has 1 aliphatic carbocycles. The van der Waals surface area contributed by atoms with Crippen LogP contribution in [0.15, 0.2) is 0 Å². The summed E-state index contributed by atoms with van der Waals surface area (Å²) in [5.74, 6) is -4.42. The first kappa shape index (κ1) is 12.6. The van der Waals surface area contributed by atoms with E-state index in [1.807, 2.05) is 0 Å². The van der Waals surface area contributed by atoms with Gasteiger partial charge in [0.2, 0.25) is 0 Å². The molecule has 0 spiro atoms. The zero-order chi connectivity index (χ0) is 12.1. The van der Waals surface area contributed by atoms with Crippen LogP contribution in [0.2, 0.25) is 0 Å². The molecule has 2 unspecified atom stereocenters. The first-order valence-electron chi connectivity index (χ1n) is 4.25. The van der Waals surface area contributed by atoms with Crippen molar-refractivity contribution in [2.75, 3.05) is 6.67 Å². The maximum absolute atomic E-state index is 12.4. The van der Waals surface area contributed by atoms with Gasteiger partial charge in [0.15, 0.2) is 0 Å². The van der Waals surface area contributed by atoms with Crippen LogP contribution >= 0.6 is 0 Å². The lowest BCUT2D eigenvalue weighted by molar-refractivity contribution is -0.207. The standard InChI is InChI=1S/C8H9F7/c1-4(7(10,11)12)6(3-9)2-5(6)8(13,14)15/h4-5H,2-3H2,1H3/t4-,5?,6?/m0/s1. The van der Waals surface area contributed by atoms with E-state index in [9.17, 15) is 30.7 Å². The number of alkyl halides is 7. The molecular weight excluding hydrogens is 229 g/mol. The van der Waals surface area contributed by atoms with Gasteiger partial charge in [-0.15, -0.1) is 0 Å². The minimum absolute atomic E-state index is 0.602. The maximum atomic E-state index is 12.4. The van der Waals surface area contributed by atoms with E-state index in [1.165, 1.54) is 0 Å². The number of hydrogen-bond donors (Lipinski definition) is 0. The van der Waals surface area contributed by atoms with Crippen molar-refractivity contribution in [2.24, 2.45) is 17.3 Å². The van der Waals surface area contributed by atoms with Crippen molar-refractivity contribution in [1.82, 2.24) is 0 Å². The summed E-state index contributed by atoms with van der Waals surface area (Å²) in [4.78, 5) is 0. The molecule has 1 aliphatic rings. The Morgan fingerprint density at radius 2 is 1.67 bits per heavy atom. The molecule has 90 valence electrons. The highest BCUT2D eigenvalue weighted by Crippen LogP contribution is 2.66. The van der Waals surface area contributed by atoms with Crippen LogP contribution < -0.4 is 0 Å². The smallest absolute Gasteiger partial charge is 0.250 e. The Kier molecular flexibility index (Phi) is 2.72. The SMILES string of the molecule is C[C@H](C(F)(F)F)C1(CF)CC1C(F)(F)F. The van der Waals surface area contributed by atoms with Crippen LogP contribution in [0, 0.1) is 17.3 Å². The molecule has 7 heteroatoms. The molecule has 15 heavy (non-hydrogen) atoms. The van der Waals surface area contributed by atoms with E-state index in [4.69, 9.17) is 0 Å². The average molecular weight is 238 g/mol. The second-order valence-corrected chi connectivity index (χ2v) is 3.93. The molecule has 0 N–H and O–H groups in total. The number of hydrogen-bond acceptors (Lipinski definition) is 0. The highest BCUT2D eigenvalue weighted by Gasteiger charge is 2.72. The lowest BCUT2D eigenvalue weighted by Crippen LogP contribution is -2.34. The summed E-state index contributed by atoms with van der Waals surface area (Å²) in [7, 11) is 0. The monoisotopic (exact) mass is 238 g/mol. The normalized spacial score (nSPS) is 34.0. The number of rotatable bonds is 2. The van der Waals surface area contributed by atoms with E-state index in [0.29, 0.717) is 6.92 Å². The molecule has 1 rings (SSSR count). The van der Waals surface area contributed by atoms with E-state index in [1.54, 1.807) is 0 Å². The highest BCUT2D eigenvalue weighted by molar-refractivity contribution is 5.09. The summed E-state index contributed by atoms with van der Waals surface area (Å²) in [6.45, 7) is -0.983. The summed E-state index contributed by atoms with van der Waals surface area (Å²) in [5, 5.41) is 0. The summed E-state index contributed by atoms with van der Waals surface area (Å²) in [6.07, 6.45) is -10.3. The zero-order valence-electron chi connectivity index (χ0n) is 7.71. The molecule has 0 aromatic carbocycles. The highest BCUT2D eigenvalue weighted by atomic mass is 19.4. The fourth-order valence-corrected chi connectivity index (χ4v) is 1.83. The van der Waals surface area contributed by atoms with Crippen molar-refractivity contribution < 1.29 is 30.7 Å². The summed E-state index contributed by atoms with van der Waals surface area (Å²) >= 11 is 0. The Morgan fingerprint density at radius 1 is 1.20 bits per heavy atom. The van der Waals surface area contributed by atoms with Crippen molar-refractivity contribution >= 4 is 0 Å². The molecule has 1 fully saturated rings. The van der Waals surface area contributed by atoms with Crippen LogP contribution in [-0.2, 0) is 0 Å². The van der Waals surface area contributed by atoms with E-state index in [-0.39, 0.29) is 0 Å². The Hall–Kier alpha value is -0.490. The van der Waals surface area contributed by atoms with E-state index >= 15 is 0 Å². The first-order valence-corrected chi connectivity index (χ1v) is 4.25. The van der Waals surface area contributed by atoms with E-state index < -0.39 is 42.7 Å². The number of halogens is 7. The van der Waals surface area contributed by atoms with Gasteiger partial charge in [-0.3, -0.25) is 4.39 Å². The fraction of sp³-hybridized carbons (Fsp3) is 1.00. The van der Waals surface area contributed by atoms with Gasteiger partial charge in [0.1, 0.15) is 0 Å². The van der Waals surface area contributed by atoms with Gasteiger partial charge in [0, 0.05) is 5.41 Å². The van der Waals surface area contributed by atoms with Crippen molar-refractivity contribution in [3.05, 3.63) is 0 Å². The summed E-state index contributed by atoms with van der Waals surface area (Å²) in [6, 6.07) is 0. The van der Waals surface area contributed by atoms with Crippen molar-refractivity contribution in [3.63, 3.8) is 0 Å². The van der Waals surface area contributed by atoms with Crippen LogP contribution in [0.25, 0.3) is 0 Å². The molecule has 0 bridgehead atoms. The predicted molar refractivity (Wildman–Crippen MR) is 37.8 cm³/mol. The lowest BCUT2D eigenvalue weighted by atomic mass is 9.88. The van der Waals surface area contributed by atoms with Gasteiger partial charge in [-0.25, -0.2) is 0 Å².